The lowest BCUT2D eigenvalue weighted by molar-refractivity contribution is -0.146. The van der Waals surface area contributed by atoms with Gasteiger partial charge in [-0.05, 0) is 39.8 Å². The first-order valence-electron chi connectivity index (χ1n) is 7.37. The first-order valence-corrected chi connectivity index (χ1v) is 7.37. The molecule has 0 aromatic carbocycles. The van der Waals surface area contributed by atoms with Gasteiger partial charge < -0.3 is 19.7 Å². The standard InChI is InChI=1S/C14H28N2O3/c1-4-8-15-13(14(17)19-5-2)11-16(3)12-6-9-18-10-7-12/h12-13,15H,4-11H2,1-3H3. The van der Waals surface area contributed by atoms with Crippen LogP contribution in [0.25, 0.3) is 0 Å². The molecule has 0 aliphatic carbocycles. The van der Waals surface area contributed by atoms with E-state index in [2.05, 4.69) is 24.2 Å². The van der Waals surface area contributed by atoms with Gasteiger partial charge in [-0.3, -0.25) is 4.79 Å². The average molecular weight is 272 g/mol. The van der Waals surface area contributed by atoms with Crippen LogP contribution in [0.5, 0.6) is 0 Å². The van der Waals surface area contributed by atoms with Crippen LogP contribution in [0.3, 0.4) is 0 Å². The minimum Gasteiger partial charge on any atom is -0.465 e. The monoisotopic (exact) mass is 272 g/mol. The minimum atomic E-state index is -0.229. The zero-order valence-corrected chi connectivity index (χ0v) is 12.5. The van der Waals surface area contributed by atoms with Crippen LogP contribution in [0.1, 0.15) is 33.1 Å². The number of rotatable bonds is 8. The number of carbonyl (C=O) groups excluding carboxylic acids is 1. The van der Waals surface area contributed by atoms with E-state index in [1.165, 1.54) is 0 Å². The van der Waals surface area contributed by atoms with Crippen molar-refractivity contribution >= 4 is 5.97 Å². The molecule has 1 unspecified atom stereocenters. The van der Waals surface area contributed by atoms with E-state index in [0.29, 0.717) is 19.2 Å². The van der Waals surface area contributed by atoms with Gasteiger partial charge in [0, 0.05) is 25.8 Å². The maximum absolute atomic E-state index is 11.9. The van der Waals surface area contributed by atoms with E-state index in [1.807, 2.05) is 6.92 Å². The summed E-state index contributed by atoms with van der Waals surface area (Å²) in [7, 11) is 2.08. The molecule has 1 fully saturated rings. The second-order valence-corrected chi connectivity index (χ2v) is 5.04. The number of nitrogens with one attached hydrogen (secondary N) is 1. The summed E-state index contributed by atoms with van der Waals surface area (Å²) in [5, 5.41) is 3.28. The van der Waals surface area contributed by atoms with Gasteiger partial charge >= 0.3 is 5.97 Å². The van der Waals surface area contributed by atoms with E-state index >= 15 is 0 Å². The maximum Gasteiger partial charge on any atom is 0.324 e. The van der Waals surface area contributed by atoms with Crippen LogP contribution in [-0.4, -0.2) is 62.9 Å². The molecule has 0 aromatic heterocycles. The van der Waals surface area contributed by atoms with E-state index in [1.54, 1.807) is 0 Å². The highest BCUT2D eigenvalue weighted by atomic mass is 16.5. The Kier molecular flexibility index (Phi) is 8.02. The van der Waals surface area contributed by atoms with Gasteiger partial charge in [-0.2, -0.15) is 0 Å². The maximum atomic E-state index is 11.9. The quantitative estimate of drug-likeness (QED) is 0.669. The lowest BCUT2D eigenvalue weighted by Crippen LogP contribution is -2.49. The molecule has 1 saturated heterocycles. The number of hydrogen-bond donors (Lipinski definition) is 1. The van der Waals surface area contributed by atoms with Crippen molar-refractivity contribution < 1.29 is 14.3 Å². The Balaban J connectivity index is 2.46. The number of carbonyl (C=O) groups is 1. The zero-order chi connectivity index (χ0) is 14.1. The summed E-state index contributed by atoms with van der Waals surface area (Å²) >= 11 is 0. The Morgan fingerprint density at radius 3 is 2.68 bits per heavy atom. The summed E-state index contributed by atoms with van der Waals surface area (Å²) in [5.41, 5.74) is 0. The SMILES string of the molecule is CCCNC(CN(C)C1CCOCC1)C(=O)OCC. The van der Waals surface area contributed by atoms with Crippen LogP contribution in [0.15, 0.2) is 0 Å². The fourth-order valence-corrected chi connectivity index (χ4v) is 2.35. The van der Waals surface area contributed by atoms with Gasteiger partial charge in [-0.1, -0.05) is 6.92 Å². The van der Waals surface area contributed by atoms with Crippen molar-refractivity contribution in [3.63, 3.8) is 0 Å². The Morgan fingerprint density at radius 1 is 1.42 bits per heavy atom. The summed E-state index contributed by atoms with van der Waals surface area (Å²) in [6.45, 7) is 7.55. The van der Waals surface area contributed by atoms with Crippen molar-refractivity contribution in [3.8, 4) is 0 Å². The van der Waals surface area contributed by atoms with Gasteiger partial charge in [0.25, 0.3) is 0 Å². The molecule has 19 heavy (non-hydrogen) atoms. The van der Waals surface area contributed by atoms with Gasteiger partial charge in [0.05, 0.1) is 6.61 Å². The predicted octanol–water partition coefficient (Wildman–Crippen LogP) is 1.03. The first-order chi connectivity index (χ1) is 9.19. The summed E-state index contributed by atoms with van der Waals surface area (Å²) in [6.07, 6.45) is 3.09. The molecular weight excluding hydrogens is 244 g/mol. The molecule has 0 amide bonds. The zero-order valence-electron chi connectivity index (χ0n) is 12.5. The molecule has 1 aliphatic rings. The van der Waals surface area contributed by atoms with Crippen molar-refractivity contribution in [2.45, 2.75) is 45.2 Å². The van der Waals surface area contributed by atoms with E-state index in [0.717, 1.165) is 39.0 Å². The van der Waals surface area contributed by atoms with Crippen molar-refractivity contribution in [2.24, 2.45) is 0 Å². The molecule has 1 aliphatic heterocycles. The van der Waals surface area contributed by atoms with Crippen molar-refractivity contribution in [3.05, 3.63) is 0 Å². The average Bonchev–Trinajstić information content (AvgIpc) is 2.44. The molecule has 112 valence electrons. The van der Waals surface area contributed by atoms with E-state index in [-0.39, 0.29) is 12.0 Å². The van der Waals surface area contributed by atoms with Crippen LogP contribution in [0.4, 0.5) is 0 Å². The van der Waals surface area contributed by atoms with Gasteiger partial charge in [0.2, 0.25) is 0 Å². The smallest absolute Gasteiger partial charge is 0.324 e. The third-order valence-electron chi connectivity index (χ3n) is 3.50. The van der Waals surface area contributed by atoms with Crippen LogP contribution in [0.2, 0.25) is 0 Å². The minimum absolute atomic E-state index is 0.144. The summed E-state index contributed by atoms with van der Waals surface area (Å²) in [5.74, 6) is -0.144. The topological polar surface area (TPSA) is 50.8 Å². The largest absolute Gasteiger partial charge is 0.465 e. The van der Waals surface area contributed by atoms with Gasteiger partial charge in [-0.25, -0.2) is 0 Å². The normalized spacial score (nSPS) is 18.5. The molecule has 1 rings (SSSR count). The highest BCUT2D eigenvalue weighted by Gasteiger charge is 2.25. The molecule has 1 atom stereocenters. The van der Waals surface area contributed by atoms with E-state index in [4.69, 9.17) is 9.47 Å². The van der Waals surface area contributed by atoms with Crippen molar-refractivity contribution in [2.75, 3.05) is 40.0 Å². The predicted molar refractivity (Wildman–Crippen MR) is 75.2 cm³/mol. The highest BCUT2D eigenvalue weighted by molar-refractivity contribution is 5.76. The molecule has 0 saturated carbocycles. The summed E-state index contributed by atoms with van der Waals surface area (Å²) in [4.78, 5) is 14.2. The number of esters is 1. The van der Waals surface area contributed by atoms with Crippen LogP contribution in [0, 0.1) is 0 Å². The fourth-order valence-electron chi connectivity index (χ4n) is 2.35. The highest BCUT2D eigenvalue weighted by Crippen LogP contribution is 2.13. The number of ether oxygens (including phenoxy) is 2. The van der Waals surface area contributed by atoms with Crippen molar-refractivity contribution in [1.29, 1.82) is 0 Å². The number of nitrogens with zero attached hydrogens (tertiary/aromatic N) is 1. The first kappa shape index (κ1) is 16.4. The van der Waals surface area contributed by atoms with Crippen molar-refractivity contribution in [1.82, 2.24) is 10.2 Å². The second-order valence-electron chi connectivity index (χ2n) is 5.04. The fraction of sp³-hybridized carbons (Fsp3) is 0.929. The molecule has 0 spiro atoms. The Bertz CT molecular complexity index is 255. The lowest BCUT2D eigenvalue weighted by Gasteiger charge is -2.33. The summed E-state index contributed by atoms with van der Waals surface area (Å²) < 4.78 is 10.5. The third kappa shape index (κ3) is 5.89. The number of likely N-dealkylation sites (N-methyl/N-ethyl adjacent to an activating group) is 1. The van der Waals surface area contributed by atoms with E-state index in [9.17, 15) is 4.79 Å². The molecule has 5 nitrogen and oxygen atoms in total. The second kappa shape index (κ2) is 9.28. The molecule has 1 N–H and O–H groups in total. The molecule has 5 heteroatoms. The van der Waals surface area contributed by atoms with Crippen LogP contribution < -0.4 is 5.32 Å². The molecule has 1 heterocycles. The third-order valence-corrected chi connectivity index (χ3v) is 3.50. The molecule has 0 aromatic rings. The van der Waals surface area contributed by atoms with Gasteiger partial charge in [0.1, 0.15) is 6.04 Å². The van der Waals surface area contributed by atoms with Crippen LogP contribution >= 0.6 is 0 Å². The van der Waals surface area contributed by atoms with Crippen LogP contribution in [-0.2, 0) is 14.3 Å². The lowest BCUT2D eigenvalue weighted by atomic mass is 10.1. The Hall–Kier alpha value is -0.650. The number of hydrogen-bond acceptors (Lipinski definition) is 5. The summed E-state index contributed by atoms with van der Waals surface area (Å²) in [6, 6.07) is 0.279. The Morgan fingerprint density at radius 2 is 2.11 bits per heavy atom. The molecule has 0 bridgehead atoms. The van der Waals surface area contributed by atoms with Gasteiger partial charge in [-0.15, -0.1) is 0 Å². The van der Waals surface area contributed by atoms with Gasteiger partial charge in [0.15, 0.2) is 0 Å². The molecular formula is C14H28N2O3. The molecule has 0 radical (unpaired) electrons. The Labute approximate surface area is 116 Å². The van der Waals surface area contributed by atoms with E-state index < -0.39 is 0 Å².